The van der Waals surface area contributed by atoms with Crippen molar-refractivity contribution in [3.63, 3.8) is 0 Å². The topological polar surface area (TPSA) is 49.4 Å². The van der Waals surface area contributed by atoms with Crippen LogP contribution in [0.4, 0.5) is 0 Å². The summed E-state index contributed by atoms with van der Waals surface area (Å²) in [6.45, 7) is 7.44. The minimum Gasteiger partial charge on any atom is -0.314 e. The third kappa shape index (κ3) is 4.39. The van der Waals surface area contributed by atoms with E-state index in [0.29, 0.717) is 25.0 Å². The van der Waals surface area contributed by atoms with E-state index in [2.05, 4.69) is 19.2 Å². The van der Waals surface area contributed by atoms with Gasteiger partial charge in [-0.1, -0.05) is 20.8 Å². The van der Waals surface area contributed by atoms with Crippen LogP contribution in [0.2, 0.25) is 0 Å². The van der Waals surface area contributed by atoms with E-state index in [1.54, 1.807) is 4.31 Å². The van der Waals surface area contributed by atoms with Gasteiger partial charge in [0.15, 0.2) is 0 Å². The van der Waals surface area contributed by atoms with Gasteiger partial charge in [-0.3, -0.25) is 0 Å². The normalized spacial score (nSPS) is 17.3. The van der Waals surface area contributed by atoms with Crippen molar-refractivity contribution < 1.29 is 8.42 Å². The monoisotopic (exact) mass is 248 g/mol. The molecule has 96 valence electrons. The minimum absolute atomic E-state index is 0.275. The predicted octanol–water partition coefficient (Wildman–Crippen LogP) is 1.19. The highest BCUT2D eigenvalue weighted by atomic mass is 32.2. The van der Waals surface area contributed by atoms with Crippen molar-refractivity contribution in [3.8, 4) is 0 Å². The van der Waals surface area contributed by atoms with E-state index in [9.17, 15) is 8.42 Å². The average Bonchev–Trinajstić information content (AvgIpc) is 2.97. The summed E-state index contributed by atoms with van der Waals surface area (Å²) in [5.41, 5.74) is 0. The molecule has 1 aliphatic rings. The van der Waals surface area contributed by atoms with E-state index in [1.807, 2.05) is 6.92 Å². The second-order valence-corrected chi connectivity index (χ2v) is 6.75. The first-order valence-corrected chi connectivity index (χ1v) is 7.81. The molecule has 0 bridgehead atoms. The summed E-state index contributed by atoms with van der Waals surface area (Å²) in [7, 11) is -3.01. The van der Waals surface area contributed by atoms with Crippen LogP contribution >= 0.6 is 0 Å². The third-order valence-corrected chi connectivity index (χ3v) is 4.83. The lowest BCUT2D eigenvalue weighted by Gasteiger charge is -2.20. The standard InChI is InChI=1S/C11H24N2O2S/c1-4-13(11-6-7-11)16(14,15)9-5-8-12-10(2)3/h10-12H,4-9H2,1-3H3. The Kier molecular flexibility index (Phi) is 5.21. The Labute approximate surface area is 99.5 Å². The number of sulfonamides is 1. The van der Waals surface area contributed by atoms with E-state index in [-0.39, 0.29) is 5.75 Å². The largest absolute Gasteiger partial charge is 0.314 e. The first-order valence-electron chi connectivity index (χ1n) is 6.20. The molecule has 16 heavy (non-hydrogen) atoms. The van der Waals surface area contributed by atoms with Gasteiger partial charge in [0, 0.05) is 18.6 Å². The van der Waals surface area contributed by atoms with Gasteiger partial charge in [-0.15, -0.1) is 0 Å². The van der Waals surface area contributed by atoms with Crippen molar-refractivity contribution in [2.75, 3.05) is 18.8 Å². The highest BCUT2D eigenvalue weighted by molar-refractivity contribution is 7.89. The molecule has 1 aliphatic carbocycles. The maximum atomic E-state index is 12.0. The number of nitrogens with zero attached hydrogens (tertiary/aromatic N) is 1. The molecule has 0 aromatic rings. The Bertz CT molecular complexity index is 297. The first kappa shape index (κ1) is 13.9. The van der Waals surface area contributed by atoms with Crippen LogP contribution in [0.1, 0.15) is 40.0 Å². The fourth-order valence-electron chi connectivity index (χ4n) is 1.81. The smallest absolute Gasteiger partial charge is 0.214 e. The van der Waals surface area contributed by atoms with Crippen LogP contribution in [-0.4, -0.2) is 43.6 Å². The Morgan fingerprint density at radius 2 is 2.00 bits per heavy atom. The first-order chi connectivity index (χ1) is 7.47. The number of hydrogen-bond acceptors (Lipinski definition) is 3. The van der Waals surface area contributed by atoms with Gasteiger partial charge >= 0.3 is 0 Å². The maximum Gasteiger partial charge on any atom is 0.214 e. The summed E-state index contributed by atoms with van der Waals surface area (Å²) < 4.78 is 25.6. The second kappa shape index (κ2) is 5.98. The molecule has 1 fully saturated rings. The molecule has 5 heteroatoms. The summed E-state index contributed by atoms with van der Waals surface area (Å²) in [5.74, 6) is 0.275. The van der Waals surface area contributed by atoms with Gasteiger partial charge in [-0.05, 0) is 25.8 Å². The van der Waals surface area contributed by atoms with Gasteiger partial charge in [-0.25, -0.2) is 8.42 Å². The average molecular weight is 248 g/mol. The number of hydrogen-bond donors (Lipinski definition) is 1. The molecule has 0 amide bonds. The fourth-order valence-corrected chi connectivity index (χ4v) is 3.61. The van der Waals surface area contributed by atoms with Crippen molar-refractivity contribution in [1.29, 1.82) is 0 Å². The van der Waals surface area contributed by atoms with Gasteiger partial charge in [0.2, 0.25) is 10.0 Å². The quantitative estimate of drug-likeness (QED) is 0.656. The molecular formula is C11H24N2O2S. The van der Waals surface area contributed by atoms with Crippen molar-refractivity contribution in [3.05, 3.63) is 0 Å². The molecule has 0 aliphatic heterocycles. The number of rotatable bonds is 8. The molecule has 1 N–H and O–H groups in total. The Hall–Kier alpha value is -0.130. The van der Waals surface area contributed by atoms with E-state index in [1.165, 1.54) is 0 Å². The Morgan fingerprint density at radius 3 is 2.44 bits per heavy atom. The van der Waals surface area contributed by atoms with Crippen LogP contribution in [0.3, 0.4) is 0 Å². The lowest BCUT2D eigenvalue weighted by atomic mass is 10.4. The van der Waals surface area contributed by atoms with E-state index in [4.69, 9.17) is 0 Å². The van der Waals surface area contributed by atoms with Crippen LogP contribution in [0, 0.1) is 0 Å². The van der Waals surface area contributed by atoms with Gasteiger partial charge in [0.1, 0.15) is 0 Å². The third-order valence-electron chi connectivity index (χ3n) is 2.75. The van der Waals surface area contributed by atoms with Crippen molar-refractivity contribution in [1.82, 2.24) is 9.62 Å². The van der Waals surface area contributed by atoms with Gasteiger partial charge in [0.05, 0.1) is 5.75 Å². The maximum absolute atomic E-state index is 12.0. The van der Waals surface area contributed by atoms with Crippen LogP contribution in [0.5, 0.6) is 0 Å². The van der Waals surface area contributed by atoms with Crippen molar-refractivity contribution in [2.24, 2.45) is 0 Å². The summed E-state index contributed by atoms with van der Waals surface area (Å²) in [6, 6.07) is 0.724. The number of nitrogens with one attached hydrogen (secondary N) is 1. The predicted molar refractivity (Wildman–Crippen MR) is 66.9 cm³/mol. The summed E-state index contributed by atoms with van der Waals surface area (Å²) >= 11 is 0. The highest BCUT2D eigenvalue weighted by Crippen LogP contribution is 2.29. The zero-order valence-corrected chi connectivity index (χ0v) is 11.4. The van der Waals surface area contributed by atoms with Crippen LogP contribution in [0.15, 0.2) is 0 Å². The summed E-state index contributed by atoms with van der Waals surface area (Å²) in [4.78, 5) is 0. The molecule has 1 saturated carbocycles. The molecule has 0 unspecified atom stereocenters. The minimum atomic E-state index is -3.01. The molecule has 0 radical (unpaired) electrons. The Morgan fingerprint density at radius 1 is 1.38 bits per heavy atom. The summed E-state index contributed by atoms with van der Waals surface area (Å²) in [6.07, 6.45) is 2.78. The molecule has 1 rings (SSSR count). The molecular weight excluding hydrogens is 224 g/mol. The van der Waals surface area contributed by atoms with Gasteiger partial charge < -0.3 is 5.32 Å². The Balaban J connectivity index is 2.32. The highest BCUT2D eigenvalue weighted by Gasteiger charge is 2.35. The molecule has 0 aromatic carbocycles. The van der Waals surface area contributed by atoms with Crippen LogP contribution in [-0.2, 0) is 10.0 Å². The molecule has 0 atom stereocenters. The lowest BCUT2D eigenvalue weighted by Crippen LogP contribution is -2.36. The molecule has 0 heterocycles. The second-order valence-electron chi connectivity index (χ2n) is 4.71. The van der Waals surface area contributed by atoms with E-state index >= 15 is 0 Å². The molecule has 4 nitrogen and oxygen atoms in total. The van der Waals surface area contributed by atoms with E-state index in [0.717, 1.165) is 19.4 Å². The van der Waals surface area contributed by atoms with Gasteiger partial charge in [-0.2, -0.15) is 4.31 Å². The SMILES string of the molecule is CCN(C1CC1)S(=O)(=O)CCCNC(C)C. The lowest BCUT2D eigenvalue weighted by molar-refractivity contribution is 0.419. The van der Waals surface area contributed by atoms with Gasteiger partial charge in [0.25, 0.3) is 0 Å². The zero-order valence-electron chi connectivity index (χ0n) is 10.6. The van der Waals surface area contributed by atoms with Crippen LogP contribution < -0.4 is 5.32 Å². The van der Waals surface area contributed by atoms with E-state index < -0.39 is 10.0 Å². The molecule has 0 saturated heterocycles. The van der Waals surface area contributed by atoms with Crippen LogP contribution in [0.25, 0.3) is 0 Å². The summed E-state index contributed by atoms with van der Waals surface area (Å²) in [5, 5.41) is 3.24. The fraction of sp³-hybridized carbons (Fsp3) is 1.00. The molecule has 0 aromatic heterocycles. The zero-order chi connectivity index (χ0) is 12.2. The van der Waals surface area contributed by atoms with Crippen molar-refractivity contribution >= 4 is 10.0 Å². The molecule has 0 spiro atoms. The van der Waals surface area contributed by atoms with Crippen molar-refractivity contribution in [2.45, 2.75) is 52.1 Å².